The molecule has 0 fully saturated rings. The first-order valence-electron chi connectivity index (χ1n) is 7.40. The van der Waals surface area contributed by atoms with Gasteiger partial charge in [0.15, 0.2) is 11.5 Å². The molecule has 1 amide bonds. The van der Waals surface area contributed by atoms with E-state index in [1.165, 1.54) is 0 Å². The van der Waals surface area contributed by atoms with Crippen LogP contribution in [0.25, 0.3) is 11.0 Å². The van der Waals surface area contributed by atoms with Gasteiger partial charge in [0.05, 0.1) is 5.39 Å². The van der Waals surface area contributed by atoms with E-state index in [0.29, 0.717) is 11.5 Å². The van der Waals surface area contributed by atoms with Gasteiger partial charge in [-0.15, -0.1) is 0 Å². The minimum Gasteiger partial charge on any atom is -0.325 e. The fraction of sp³-hybridized carbons (Fsp3) is 0.176. The number of aromatic nitrogens is 3. The van der Waals surface area contributed by atoms with Crippen molar-refractivity contribution in [3.05, 3.63) is 47.2 Å². The van der Waals surface area contributed by atoms with Crippen LogP contribution in [-0.4, -0.2) is 27.3 Å². The Morgan fingerprint density at radius 1 is 1.26 bits per heavy atom. The van der Waals surface area contributed by atoms with Gasteiger partial charge in [-0.3, -0.25) is 9.89 Å². The van der Waals surface area contributed by atoms with Crippen LogP contribution in [0.1, 0.15) is 22.7 Å². The maximum atomic E-state index is 12.1. The lowest BCUT2D eigenvalue weighted by Gasteiger charge is -2.01. The molecule has 1 aliphatic heterocycles. The van der Waals surface area contributed by atoms with Gasteiger partial charge in [0.2, 0.25) is 5.91 Å². The van der Waals surface area contributed by atoms with Gasteiger partial charge in [-0.25, -0.2) is 9.98 Å². The van der Waals surface area contributed by atoms with Gasteiger partial charge in [-0.2, -0.15) is 5.10 Å². The molecule has 0 bridgehead atoms. The summed E-state index contributed by atoms with van der Waals surface area (Å²) in [4.78, 5) is 21.0. The molecule has 0 aliphatic carbocycles. The van der Waals surface area contributed by atoms with Gasteiger partial charge < -0.3 is 5.32 Å². The average Bonchev–Trinajstić information content (AvgIpc) is 3.05. The molecule has 6 nitrogen and oxygen atoms in total. The Hall–Kier alpha value is -3.02. The second-order valence-corrected chi connectivity index (χ2v) is 5.68. The SMILES string of the molecule is Cc1cc(C)c2c(N=CC3C(=O)Nc4ccccc43)n[nH]c2n1. The predicted octanol–water partition coefficient (Wildman–Crippen LogP) is 3.01. The Morgan fingerprint density at radius 3 is 2.96 bits per heavy atom. The summed E-state index contributed by atoms with van der Waals surface area (Å²) in [6.45, 7) is 3.94. The van der Waals surface area contributed by atoms with Crippen LogP contribution in [-0.2, 0) is 4.79 Å². The molecule has 0 saturated heterocycles. The lowest BCUT2D eigenvalue weighted by atomic mass is 10.0. The number of amides is 1. The molecule has 0 spiro atoms. The van der Waals surface area contributed by atoms with E-state index in [4.69, 9.17) is 0 Å². The molecule has 3 aromatic rings. The third-order valence-electron chi connectivity index (χ3n) is 4.02. The Bertz CT molecular complexity index is 957. The van der Waals surface area contributed by atoms with Gasteiger partial charge in [-0.1, -0.05) is 18.2 Å². The van der Waals surface area contributed by atoms with Crippen molar-refractivity contribution >= 4 is 34.7 Å². The molecule has 1 aliphatic rings. The number of anilines is 1. The first-order chi connectivity index (χ1) is 11.1. The number of H-pyrrole nitrogens is 1. The smallest absolute Gasteiger partial charge is 0.237 e. The summed E-state index contributed by atoms with van der Waals surface area (Å²) >= 11 is 0. The first kappa shape index (κ1) is 13.6. The molecule has 3 heterocycles. The summed E-state index contributed by atoms with van der Waals surface area (Å²) in [5.41, 5.74) is 4.48. The highest BCUT2D eigenvalue weighted by Crippen LogP contribution is 2.32. The number of pyridine rings is 1. The Labute approximate surface area is 132 Å². The number of benzene rings is 1. The normalized spacial score (nSPS) is 17.0. The predicted molar refractivity (Wildman–Crippen MR) is 89.3 cm³/mol. The van der Waals surface area contributed by atoms with Crippen LogP contribution in [0, 0.1) is 13.8 Å². The van der Waals surface area contributed by atoms with Gasteiger partial charge in [0, 0.05) is 17.6 Å². The van der Waals surface area contributed by atoms with Crippen molar-refractivity contribution in [2.75, 3.05) is 5.32 Å². The standard InChI is InChI=1S/C17H15N5O/c1-9-7-10(2)19-16-14(9)15(21-22-16)18-8-12-11-5-3-4-6-13(11)20-17(12)23/h3-8,12H,1-2H3,(H,20,23)(H,19,21,22). The zero-order valence-electron chi connectivity index (χ0n) is 12.8. The number of fused-ring (bicyclic) bond motifs is 2. The van der Waals surface area contributed by atoms with E-state index in [2.05, 4.69) is 25.5 Å². The van der Waals surface area contributed by atoms with Gasteiger partial charge in [-0.05, 0) is 37.1 Å². The summed E-state index contributed by atoms with van der Waals surface area (Å²) in [6, 6.07) is 9.64. The van der Waals surface area contributed by atoms with Crippen LogP contribution < -0.4 is 5.32 Å². The van der Waals surface area contributed by atoms with Crippen molar-refractivity contribution in [1.29, 1.82) is 0 Å². The van der Waals surface area contributed by atoms with E-state index in [0.717, 1.165) is 27.9 Å². The number of hydrogen-bond acceptors (Lipinski definition) is 4. The number of carbonyl (C=O) groups excluding carboxylic acids is 1. The van der Waals surface area contributed by atoms with Crippen molar-refractivity contribution in [2.45, 2.75) is 19.8 Å². The highest BCUT2D eigenvalue weighted by atomic mass is 16.2. The summed E-state index contributed by atoms with van der Waals surface area (Å²) in [5.74, 6) is 0.0966. The molecule has 6 heteroatoms. The summed E-state index contributed by atoms with van der Waals surface area (Å²) in [7, 11) is 0. The number of hydrogen-bond donors (Lipinski definition) is 2. The fourth-order valence-electron chi connectivity index (χ4n) is 2.98. The fourth-order valence-corrected chi connectivity index (χ4v) is 2.98. The molecule has 1 unspecified atom stereocenters. The van der Waals surface area contributed by atoms with Gasteiger partial charge >= 0.3 is 0 Å². The van der Waals surface area contributed by atoms with Crippen molar-refractivity contribution in [1.82, 2.24) is 15.2 Å². The number of aryl methyl sites for hydroxylation is 2. The van der Waals surface area contributed by atoms with E-state index in [-0.39, 0.29) is 5.91 Å². The van der Waals surface area contributed by atoms with Crippen molar-refractivity contribution < 1.29 is 4.79 Å². The van der Waals surface area contributed by atoms with Gasteiger partial charge in [0.1, 0.15) is 5.92 Å². The number of carbonyl (C=O) groups is 1. The zero-order valence-corrected chi connectivity index (χ0v) is 12.8. The van der Waals surface area contributed by atoms with Crippen molar-refractivity contribution in [3.8, 4) is 0 Å². The number of rotatable bonds is 2. The number of aliphatic imine (C=N–C) groups is 1. The summed E-state index contributed by atoms with van der Waals surface area (Å²) in [6.07, 6.45) is 1.65. The number of nitrogens with one attached hydrogen (secondary N) is 2. The number of para-hydroxylation sites is 1. The topological polar surface area (TPSA) is 83.0 Å². The third kappa shape index (κ3) is 2.19. The van der Waals surface area contributed by atoms with E-state index < -0.39 is 5.92 Å². The van der Waals surface area contributed by atoms with Crippen molar-refractivity contribution in [3.63, 3.8) is 0 Å². The highest BCUT2D eigenvalue weighted by molar-refractivity contribution is 6.12. The molecule has 114 valence electrons. The van der Waals surface area contributed by atoms with Crippen LogP contribution in [0.4, 0.5) is 11.5 Å². The average molecular weight is 305 g/mol. The van der Waals surface area contributed by atoms with E-state index in [1.807, 2.05) is 44.2 Å². The molecular weight excluding hydrogens is 290 g/mol. The summed E-state index contributed by atoms with van der Waals surface area (Å²) in [5, 5.41) is 10.9. The number of aromatic amines is 1. The number of nitrogens with zero attached hydrogens (tertiary/aromatic N) is 3. The molecule has 1 atom stereocenters. The highest BCUT2D eigenvalue weighted by Gasteiger charge is 2.28. The third-order valence-corrected chi connectivity index (χ3v) is 4.02. The molecular formula is C17H15N5O. The van der Waals surface area contributed by atoms with E-state index in [9.17, 15) is 4.79 Å². The lowest BCUT2D eigenvalue weighted by Crippen LogP contribution is -2.12. The minimum atomic E-state index is -0.392. The molecule has 23 heavy (non-hydrogen) atoms. The molecule has 0 radical (unpaired) electrons. The maximum Gasteiger partial charge on any atom is 0.237 e. The van der Waals surface area contributed by atoms with E-state index >= 15 is 0 Å². The Balaban J connectivity index is 1.74. The molecule has 4 rings (SSSR count). The van der Waals surface area contributed by atoms with Crippen LogP contribution in [0.15, 0.2) is 35.3 Å². The van der Waals surface area contributed by atoms with Crippen LogP contribution in [0.3, 0.4) is 0 Å². The monoisotopic (exact) mass is 305 g/mol. The maximum absolute atomic E-state index is 12.1. The van der Waals surface area contributed by atoms with Crippen LogP contribution in [0.2, 0.25) is 0 Å². The molecule has 1 aromatic carbocycles. The summed E-state index contributed by atoms with van der Waals surface area (Å²) < 4.78 is 0. The van der Waals surface area contributed by atoms with Crippen molar-refractivity contribution in [2.24, 2.45) is 4.99 Å². The molecule has 2 aromatic heterocycles. The van der Waals surface area contributed by atoms with Gasteiger partial charge in [0.25, 0.3) is 0 Å². The second-order valence-electron chi connectivity index (χ2n) is 5.68. The quantitative estimate of drug-likeness (QED) is 0.714. The largest absolute Gasteiger partial charge is 0.325 e. The molecule has 2 N–H and O–H groups in total. The first-order valence-corrected chi connectivity index (χ1v) is 7.40. The Morgan fingerprint density at radius 2 is 2.09 bits per heavy atom. The van der Waals surface area contributed by atoms with Crippen LogP contribution in [0.5, 0.6) is 0 Å². The van der Waals surface area contributed by atoms with Crippen LogP contribution >= 0.6 is 0 Å². The lowest BCUT2D eigenvalue weighted by molar-refractivity contribution is -0.115. The minimum absolute atomic E-state index is 0.0690. The zero-order chi connectivity index (χ0) is 16.0. The molecule has 0 saturated carbocycles. The second kappa shape index (κ2) is 5.01. The van der Waals surface area contributed by atoms with E-state index in [1.54, 1.807) is 6.21 Å². The Kier molecular flexibility index (Phi) is 2.97.